The van der Waals surface area contributed by atoms with Gasteiger partial charge in [-0.25, -0.2) is 4.39 Å². The molecular formula is C14H21ClFNO. The third-order valence-corrected chi connectivity index (χ3v) is 3.23. The Morgan fingerprint density at radius 1 is 1.33 bits per heavy atom. The molecule has 0 spiro atoms. The molecule has 1 N–H and O–H groups in total. The molecule has 0 saturated carbocycles. The molecule has 0 heterocycles. The van der Waals surface area contributed by atoms with Crippen molar-refractivity contribution >= 4 is 11.6 Å². The summed E-state index contributed by atoms with van der Waals surface area (Å²) in [5.74, 6) is -0.358. The van der Waals surface area contributed by atoms with Crippen molar-refractivity contribution in [2.24, 2.45) is 0 Å². The molecule has 1 rings (SSSR count). The van der Waals surface area contributed by atoms with Gasteiger partial charge < -0.3 is 10.1 Å². The minimum Gasteiger partial charge on any atom is -0.385 e. The molecule has 0 fully saturated rings. The van der Waals surface area contributed by atoms with Crippen LogP contribution in [0.3, 0.4) is 0 Å². The van der Waals surface area contributed by atoms with E-state index in [1.807, 2.05) is 13.0 Å². The molecule has 0 aliphatic heterocycles. The summed E-state index contributed by atoms with van der Waals surface area (Å²) in [4.78, 5) is 0. The van der Waals surface area contributed by atoms with E-state index in [1.165, 1.54) is 6.07 Å². The minimum atomic E-state index is -0.358. The molecule has 0 radical (unpaired) electrons. The Bertz CT molecular complexity index is 360. The highest BCUT2D eigenvalue weighted by Crippen LogP contribution is 2.19. The normalized spacial score (nSPS) is 12.7. The van der Waals surface area contributed by atoms with E-state index in [9.17, 15) is 4.39 Å². The van der Waals surface area contributed by atoms with E-state index in [1.54, 1.807) is 13.2 Å². The van der Waals surface area contributed by atoms with Gasteiger partial charge in [-0.2, -0.15) is 0 Å². The standard InChI is InChI=1S/C14H21ClFNO/c1-11(17-8-4-3-5-9-18-2)12-6-7-13(15)14(16)10-12/h6-7,10-11,17H,3-5,8-9H2,1-2H3. The second kappa shape index (κ2) is 8.46. The first-order chi connectivity index (χ1) is 8.65. The third kappa shape index (κ3) is 5.34. The number of hydrogen-bond donors (Lipinski definition) is 1. The van der Waals surface area contributed by atoms with Gasteiger partial charge in [-0.1, -0.05) is 17.7 Å². The van der Waals surface area contributed by atoms with Gasteiger partial charge in [-0.05, 0) is 50.4 Å². The maximum Gasteiger partial charge on any atom is 0.142 e. The number of nitrogens with one attached hydrogen (secondary N) is 1. The summed E-state index contributed by atoms with van der Waals surface area (Å²) < 4.78 is 18.3. The fourth-order valence-electron chi connectivity index (χ4n) is 1.77. The van der Waals surface area contributed by atoms with Crippen molar-refractivity contribution in [1.29, 1.82) is 0 Å². The summed E-state index contributed by atoms with van der Waals surface area (Å²) in [6, 6.07) is 5.08. The maximum atomic E-state index is 13.3. The Morgan fingerprint density at radius 3 is 2.78 bits per heavy atom. The van der Waals surface area contributed by atoms with E-state index in [-0.39, 0.29) is 16.9 Å². The van der Waals surface area contributed by atoms with Crippen LogP contribution in [0.15, 0.2) is 18.2 Å². The molecule has 0 aliphatic carbocycles. The molecule has 18 heavy (non-hydrogen) atoms. The number of rotatable bonds is 8. The van der Waals surface area contributed by atoms with Crippen molar-refractivity contribution in [3.63, 3.8) is 0 Å². The monoisotopic (exact) mass is 273 g/mol. The summed E-state index contributed by atoms with van der Waals surface area (Å²) in [6.07, 6.45) is 3.33. The van der Waals surface area contributed by atoms with Gasteiger partial charge in [0.2, 0.25) is 0 Å². The molecule has 0 amide bonds. The van der Waals surface area contributed by atoms with E-state index in [2.05, 4.69) is 5.32 Å². The molecule has 0 aliphatic rings. The highest BCUT2D eigenvalue weighted by atomic mass is 35.5. The number of hydrogen-bond acceptors (Lipinski definition) is 2. The van der Waals surface area contributed by atoms with Gasteiger partial charge in [0, 0.05) is 19.8 Å². The average Bonchev–Trinajstić information content (AvgIpc) is 2.36. The highest BCUT2D eigenvalue weighted by molar-refractivity contribution is 6.30. The summed E-state index contributed by atoms with van der Waals surface area (Å²) in [7, 11) is 1.72. The lowest BCUT2D eigenvalue weighted by Gasteiger charge is -2.14. The minimum absolute atomic E-state index is 0.138. The molecule has 1 unspecified atom stereocenters. The first-order valence-electron chi connectivity index (χ1n) is 6.32. The SMILES string of the molecule is COCCCCCNC(C)c1ccc(Cl)c(F)c1. The number of unbranched alkanes of at least 4 members (excludes halogenated alkanes) is 2. The van der Waals surface area contributed by atoms with Crippen molar-refractivity contribution in [2.75, 3.05) is 20.3 Å². The van der Waals surface area contributed by atoms with Crippen LogP contribution < -0.4 is 5.32 Å². The molecule has 0 saturated heterocycles. The van der Waals surface area contributed by atoms with Crippen molar-refractivity contribution in [3.8, 4) is 0 Å². The predicted octanol–water partition coefficient (Wildman–Crippen LogP) is 3.95. The first kappa shape index (κ1) is 15.4. The Morgan fingerprint density at radius 2 is 2.11 bits per heavy atom. The first-order valence-corrected chi connectivity index (χ1v) is 6.70. The van der Waals surface area contributed by atoms with Gasteiger partial charge in [-0.15, -0.1) is 0 Å². The topological polar surface area (TPSA) is 21.3 Å². The molecular weight excluding hydrogens is 253 g/mol. The summed E-state index contributed by atoms with van der Waals surface area (Å²) >= 11 is 5.65. The van der Waals surface area contributed by atoms with Gasteiger partial charge in [0.05, 0.1) is 5.02 Å². The molecule has 4 heteroatoms. The van der Waals surface area contributed by atoms with Crippen molar-refractivity contribution in [2.45, 2.75) is 32.2 Å². The zero-order chi connectivity index (χ0) is 13.4. The lowest BCUT2D eigenvalue weighted by atomic mass is 10.1. The maximum absolute atomic E-state index is 13.3. The molecule has 1 aromatic rings. The van der Waals surface area contributed by atoms with Crippen LogP contribution in [0.4, 0.5) is 4.39 Å². The molecule has 0 bridgehead atoms. The molecule has 102 valence electrons. The molecule has 2 nitrogen and oxygen atoms in total. The fourth-order valence-corrected chi connectivity index (χ4v) is 1.88. The predicted molar refractivity (Wildman–Crippen MR) is 73.6 cm³/mol. The van der Waals surface area contributed by atoms with Gasteiger partial charge in [0.25, 0.3) is 0 Å². The Hall–Kier alpha value is -0.640. The van der Waals surface area contributed by atoms with Crippen molar-refractivity contribution in [1.82, 2.24) is 5.32 Å². The van der Waals surface area contributed by atoms with Crippen LogP contribution in [-0.4, -0.2) is 20.3 Å². The Kier molecular flexibility index (Phi) is 7.25. The van der Waals surface area contributed by atoms with E-state index in [0.717, 1.165) is 38.0 Å². The van der Waals surface area contributed by atoms with Crippen LogP contribution in [0.2, 0.25) is 5.02 Å². The number of methoxy groups -OCH3 is 1. The van der Waals surface area contributed by atoms with E-state index in [0.29, 0.717) is 0 Å². The quantitative estimate of drug-likeness (QED) is 0.724. The lowest BCUT2D eigenvalue weighted by Crippen LogP contribution is -2.20. The number of halogens is 2. The second-order valence-corrected chi connectivity index (χ2v) is 4.81. The van der Waals surface area contributed by atoms with Gasteiger partial charge >= 0.3 is 0 Å². The average molecular weight is 274 g/mol. The van der Waals surface area contributed by atoms with E-state index in [4.69, 9.17) is 16.3 Å². The molecule has 1 aromatic carbocycles. The molecule has 1 atom stereocenters. The summed E-state index contributed by atoms with van der Waals surface area (Å²) in [6.45, 7) is 3.77. The van der Waals surface area contributed by atoms with Crippen molar-refractivity contribution < 1.29 is 9.13 Å². The van der Waals surface area contributed by atoms with E-state index < -0.39 is 0 Å². The third-order valence-electron chi connectivity index (χ3n) is 2.92. The smallest absolute Gasteiger partial charge is 0.142 e. The summed E-state index contributed by atoms with van der Waals surface area (Å²) in [5.41, 5.74) is 0.925. The highest BCUT2D eigenvalue weighted by Gasteiger charge is 2.07. The van der Waals surface area contributed by atoms with Crippen LogP contribution in [0.25, 0.3) is 0 Å². The largest absolute Gasteiger partial charge is 0.385 e. The molecule has 0 aromatic heterocycles. The number of benzene rings is 1. The number of ether oxygens (including phenoxy) is 1. The second-order valence-electron chi connectivity index (χ2n) is 4.40. The van der Waals surface area contributed by atoms with Crippen LogP contribution in [0, 0.1) is 5.82 Å². The zero-order valence-electron chi connectivity index (χ0n) is 11.0. The van der Waals surface area contributed by atoms with Crippen molar-refractivity contribution in [3.05, 3.63) is 34.6 Å². The van der Waals surface area contributed by atoms with Crippen LogP contribution in [-0.2, 0) is 4.74 Å². The van der Waals surface area contributed by atoms with Gasteiger partial charge in [0.1, 0.15) is 5.82 Å². The Labute approximate surface area is 113 Å². The van der Waals surface area contributed by atoms with Crippen LogP contribution >= 0.6 is 11.6 Å². The van der Waals surface area contributed by atoms with Gasteiger partial charge in [-0.3, -0.25) is 0 Å². The van der Waals surface area contributed by atoms with Gasteiger partial charge in [0.15, 0.2) is 0 Å². The Balaban J connectivity index is 2.27. The summed E-state index contributed by atoms with van der Waals surface area (Å²) in [5, 5.41) is 3.54. The van der Waals surface area contributed by atoms with Crippen LogP contribution in [0.5, 0.6) is 0 Å². The zero-order valence-corrected chi connectivity index (χ0v) is 11.8. The fraction of sp³-hybridized carbons (Fsp3) is 0.571. The lowest BCUT2D eigenvalue weighted by molar-refractivity contribution is 0.192. The van der Waals surface area contributed by atoms with Crippen LogP contribution in [0.1, 0.15) is 37.8 Å². The van der Waals surface area contributed by atoms with E-state index >= 15 is 0 Å².